The molecule has 0 saturated heterocycles. The van der Waals surface area contributed by atoms with Gasteiger partial charge in [0.15, 0.2) is 5.69 Å². The van der Waals surface area contributed by atoms with Crippen molar-refractivity contribution in [3.05, 3.63) is 79.5 Å². The number of benzene rings is 1. The number of nitrogens with one attached hydrogen (secondary N) is 1. The average molecular weight is 561 g/mol. The third kappa shape index (κ3) is 4.56. The summed E-state index contributed by atoms with van der Waals surface area (Å²) in [7, 11) is 0. The van der Waals surface area contributed by atoms with Gasteiger partial charge in [-0.25, -0.2) is 4.68 Å². The molecule has 1 amide bonds. The van der Waals surface area contributed by atoms with E-state index in [1.807, 2.05) is 61.3 Å². The van der Waals surface area contributed by atoms with Gasteiger partial charge in [0.25, 0.3) is 5.91 Å². The molecule has 0 radical (unpaired) electrons. The van der Waals surface area contributed by atoms with Crippen molar-refractivity contribution >= 4 is 43.5 Å². The lowest BCUT2D eigenvalue weighted by Crippen LogP contribution is -2.16. The Morgan fingerprint density at radius 2 is 1.59 bits per heavy atom. The number of carbonyl (C=O) groups excluding carboxylic acids is 1. The van der Waals surface area contributed by atoms with Crippen molar-refractivity contribution in [1.82, 2.24) is 29.3 Å². The van der Waals surface area contributed by atoms with E-state index >= 15 is 0 Å². The van der Waals surface area contributed by atoms with Gasteiger partial charge in [-0.2, -0.15) is 15.3 Å². The first-order valence-electron chi connectivity index (χ1n) is 10.1. The van der Waals surface area contributed by atoms with Gasteiger partial charge in [0.1, 0.15) is 6.67 Å². The Balaban J connectivity index is 1.44. The summed E-state index contributed by atoms with van der Waals surface area (Å²) in [5, 5.41) is 16.4. The van der Waals surface area contributed by atoms with Crippen LogP contribution in [0.15, 0.2) is 45.5 Å². The quantitative estimate of drug-likeness (QED) is 0.366. The Labute approximate surface area is 202 Å². The lowest BCUT2D eigenvalue weighted by Gasteiger charge is -2.08. The molecule has 10 heteroatoms. The molecular formula is C22H23Br2N7O. The minimum Gasteiger partial charge on any atom is -0.321 e. The second-order valence-corrected chi connectivity index (χ2v) is 9.25. The summed E-state index contributed by atoms with van der Waals surface area (Å²) in [4.78, 5) is 12.7. The van der Waals surface area contributed by atoms with E-state index in [9.17, 15) is 4.79 Å². The highest BCUT2D eigenvalue weighted by Crippen LogP contribution is 2.22. The van der Waals surface area contributed by atoms with Crippen molar-refractivity contribution in [1.29, 1.82) is 0 Å². The monoisotopic (exact) mass is 559 g/mol. The normalized spacial score (nSPS) is 11.2. The Morgan fingerprint density at radius 1 is 0.938 bits per heavy atom. The largest absolute Gasteiger partial charge is 0.321 e. The molecule has 3 aromatic heterocycles. The van der Waals surface area contributed by atoms with E-state index in [2.05, 4.69) is 52.5 Å². The third-order valence-electron chi connectivity index (χ3n) is 5.26. The molecule has 8 nitrogen and oxygen atoms in total. The van der Waals surface area contributed by atoms with Crippen molar-refractivity contribution in [3.8, 4) is 0 Å². The van der Waals surface area contributed by atoms with Gasteiger partial charge in [-0.05, 0) is 83.3 Å². The van der Waals surface area contributed by atoms with Gasteiger partial charge in [-0.3, -0.25) is 14.2 Å². The number of hydrogen-bond donors (Lipinski definition) is 1. The molecule has 0 bridgehead atoms. The van der Waals surface area contributed by atoms with Gasteiger partial charge in [0, 0.05) is 11.9 Å². The number of anilines is 1. The minimum atomic E-state index is -0.260. The summed E-state index contributed by atoms with van der Waals surface area (Å²) < 4.78 is 7.48. The first kappa shape index (κ1) is 22.5. The van der Waals surface area contributed by atoms with Gasteiger partial charge in [0.2, 0.25) is 0 Å². The summed E-state index contributed by atoms with van der Waals surface area (Å²) in [6, 6.07) is 9.45. The topological polar surface area (TPSA) is 82.6 Å². The van der Waals surface area contributed by atoms with E-state index < -0.39 is 0 Å². The summed E-state index contributed by atoms with van der Waals surface area (Å²) >= 11 is 7.09. The Kier molecular flexibility index (Phi) is 6.34. The summed E-state index contributed by atoms with van der Waals surface area (Å²) in [6.45, 7) is 8.97. The standard InChI is InChI=1S/C22H23Br2N7O/c1-13-20(23)15(3)30(26-13)11-17-6-5-7-18(10-17)25-22(32)19-8-9-29(28-19)12-31-16(4)21(24)14(2)27-31/h5-10H,11-12H2,1-4H3,(H,25,32). The molecule has 0 fully saturated rings. The lowest BCUT2D eigenvalue weighted by molar-refractivity contribution is 0.102. The third-order valence-corrected chi connectivity index (χ3v) is 7.55. The van der Waals surface area contributed by atoms with E-state index in [-0.39, 0.29) is 5.91 Å². The van der Waals surface area contributed by atoms with Crippen LogP contribution in [0.5, 0.6) is 0 Å². The molecular weight excluding hydrogens is 538 g/mol. The highest BCUT2D eigenvalue weighted by Gasteiger charge is 2.14. The Morgan fingerprint density at radius 3 is 2.22 bits per heavy atom. The molecule has 32 heavy (non-hydrogen) atoms. The average Bonchev–Trinajstić information content (AvgIpc) is 3.39. The second kappa shape index (κ2) is 9.03. The molecule has 0 saturated carbocycles. The summed E-state index contributed by atoms with van der Waals surface area (Å²) in [5.74, 6) is -0.260. The number of amides is 1. The Bertz CT molecular complexity index is 1300. The number of carbonyl (C=O) groups is 1. The first-order chi connectivity index (χ1) is 15.2. The molecule has 4 rings (SSSR count). The van der Waals surface area contributed by atoms with Crippen molar-refractivity contribution in [2.24, 2.45) is 0 Å². The van der Waals surface area contributed by atoms with Crippen LogP contribution in [0, 0.1) is 27.7 Å². The molecule has 0 atom stereocenters. The molecule has 4 aromatic rings. The van der Waals surface area contributed by atoms with Crippen LogP contribution in [-0.4, -0.2) is 35.2 Å². The fraction of sp³-hybridized carbons (Fsp3) is 0.273. The van der Waals surface area contributed by atoms with Gasteiger partial charge in [-0.1, -0.05) is 12.1 Å². The number of aromatic nitrogens is 6. The summed E-state index contributed by atoms with van der Waals surface area (Å²) in [6.07, 6.45) is 1.77. The predicted octanol–water partition coefficient (Wildman–Crippen LogP) is 4.84. The minimum absolute atomic E-state index is 0.260. The lowest BCUT2D eigenvalue weighted by atomic mass is 10.2. The molecule has 1 aromatic carbocycles. The van der Waals surface area contributed by atoms with Crippen LogP contribution in [-0.2, 0) is 13.2 Å². The van der Waals surface area contributed by atoms with Crippen molar-refractivity contribution in [2.45, 2.75) is 40.9 Å². The van der Waals surface area contributed by atoms with Crippen molar-refractivity contribution in [2.75, 3.05) is 5.32 Å². The summed E-state index contributed by atoms with van der Waals surface area (Å²) in [5.41, 5.74) is 6.05. The fourth-order valence-electron chi connectivity index (χ4n) is 3.46. The van der Waals surface area contributed by atoms with Crippen LogP contribution in [0.2, 0.25) is 0 Å². The molecule has 3 heterocycles. The van der Waals surface area contributed by atoms with E-state index in [0.717, 1.165) is 37.3 Å². The predicted molar refractivity (Wildman–Crippen MR) is 130 cm³/mol. The molecule has 0 aliphatic carbocycles. The molecule has 0 unspecified atom stereocenters. The van der Waals surface area contributed by atoms with Crippen LogP contribution in [0.1, 0.15) is 38.8 Å². The first-order valence-corrected chi connectivity index (χ1v) is 11.6. The number of halogens is 2. The molecule has 0 aliphatic heterocycles. The zero-order valence-electron chi connectivity index (χ0n) is 18.2. The van der Waals surface area contributed by atoms with Crippen molar-refractivity contribution in [3.63, 3.8) is 0 Å². The SMILES string of the molecule is Cc1nn(Cc2cccc(NC(=O)c3ccn(Cn4nc(C)c(Br)c4C)n3)c2)c(C)c1Br. The van der Waals surface area contributed by atoms with Gasteiger partial charge in [0.05, 0.1) is 38.3 Å². The van der Waals surface area contributed by atoms with E-state index in [1.165, 1.54) is 0 Å². The second-order valence-electron chi connectivity index (χ2n) is 7.66. The molecule has 166 valence electrons. The van der Waals surface area contributed by atoms with E-state index in [1.54, 1.807) is 16.9 Å². The maximum atomic E-state index is 12.7. The number of nitrogens with zero attached hydrogens (tertiary/aromatic N) is 6. The molecule has 0 aliphatic rings. The highest BCUT2D eigenvalue weighted by atomic mass is 79.9. The maximum Gasteiger partial charge on any atom is 0.276 e. The number of rotatable bonds is 6. The number of hydrogen-bond acceptors (Lipinski definition) is 4. The van der Waals surface area contributed by atoms with E-state index in [4.69, 9.17) is 0 Å². The van der Waals surface area contributed by atoms with Gasteiger partial charge < -0.3 is 5.32 Å². The van der Waals surface area contributed by atoms with Crippen LogP contribution in [0.4, 0.5) is 5.69 Å². The van der Waals surface area contributed by atoms with Crippen molar-refractivity contribution < 1.29 is 4.79 Å². The van der Waals surface area contributed by atoms with Crippen LogP contribution >= 0.6 is 31.9 Å². The highest BCUT2D eigenvalue weighted by molar-refractivity contribution is 9.10. The zero-order valence-corrected chi connectivity index (χ0v) is 21.4. The zero-order chi connectivity index (χ0) is 23.0. The number of aryl methyl sites for hydroxylation is 2. The van der Waals surface area contributed by atoms with Crippen LogP contribution in [0.25, 0.3) is 0 Å². The fourth-order valence-corrected chi connectivity index (χ4v) is 4.02. The Hall–Kier alpha value is -2.72. The van der Waals surface area contributed by atoms with Gasteiger partial charge >= 0.3 is 0 Å². The van der Waals surface area contributed by atoms with Crippen LogP contribution < -0.4 is 5.32 Å². The van der Waals surface area contributed by atoms with Gasteiger partial charge in [-0.15, -0.1) is 0 Å². The van der Waals surface area contributed by atoms with E-state index in [0.29, 0.717) is 24.6 Å². The van der Waals surface area contributed by atoms with Crippen LogP contribution in [0.3, 0.4) is 0 Å². The maximum absolute atomic E-state index is 12.7. The molecule has 0 spiro atoms. The molecule has 1 N–H and O–H groups in total. The smallest absolute Gasteiger partial charge is 0.276 e.